The van der Waals surface area contributed by atoms with Gasteiger partial charge in [-0.2, -0.15) is 13.2 Å². The molecule has 0 aliphatic rings. The van der Waals surface area contributed by atoms with E-state index < -0.39 is 36.0 Å². The lowest BCUT2D eigenvalue weighted by molar-refractivity contribution is -0.189. The van der Waals surface area contributed by atoms with Gasteiger partial charge in [0.15, 0.2) is 6.10 Å². The van der Waals surface area contributed by atoms with Crippen LogP contribution in [-0.2, 0) is 17.9 Å². The molecule has 3 rings (SSSR count). The third-order valence-corrected chi connectivity index (χ3v) is 5.08. The summed E-state index contributed by atoms with van der Waals surface area (Å²) in [6, 6.07) is 11.8. The number of halogens is 4. The van der Waals surface area contributed by atoms with Crippen molar-refractivity contribution in [2.24, 2.45) is 4.99 Å². The molecule has 0 saturated carbocycles. The molecule has 3 aromatic rings. The van der Waals surface area contributed by atoms with Gasteiger partial charge < -0.3 is 9.84 Å². The molecule has 0 unspecified atom stereocenters. The normalized spacial score (nSPS) is 13.0. The second-order valence-corrected chi connectivity index (χ2v) is 7.89. The van der Waals surface area contributed by atoms with E-state index in [9.17, 15) is 27.6 Å². The van der Waals surface area contributed by atoms with Crippen molar-refractivity contribution >= 4 is 23.3 Å². The molecule has 0 aliphatic carbocycles. The minimum atomic E-state index is -4.53. The van der Waals surface area contributed by atoms with Gasteiger partial charge in [0.05, 0.1) is 18.7 Å². The van der Waals surface area contributed by atoms with Crippen LogP contribution >= 0.6 is 11.6 Å². The predicted molar refractivity (Wildman–Crippen MR) is 120 cm³/mol. The average molecular weight is 513 g/mol. The predicted octanol–water partition coefficient (Wildman–Crippen LogP) is 3.08. The summed E-state index contributed by atoms with van der Waals surface area (Å²) in [7, 11) is 0. The fourth-order valence-electron chi connectivity index (χ4n) is 2.95. The fraction of sp³-hybridized carbons (Fsp3) is 0.273. The lowest BCUT2D eigenvalue weighted by Crippen LogP contribution is -2.50. The highest BCUT2D eigenvalue weighted by molar-refractivity contribution is 6.30. The molecule has 2 N–H and O–H groups in total. The van der Waals surface area contributed by atoms with Crippen LogP contribution < -0.4 is 21.7 Å². The maximum atomic E-state index is 13.1. The summed E-state index contributed by atoms with van der Waals surface area (Å²) in [6.07, 6.45) is -6.99. The van der Waals surface area contributed by atoms with Crippen LogP contribution in [0.1, 0.15) is 18.9 Å². The van der Waals surface area contributed by atoms with E-state index in [4.69, 9.17) is 21.4 Å². The van der Waals surface area contributed by atoms with Crippen LogP contribution in [0.5, 0.6) is 5.75 Å². The number of H-pyrrole nitrogens is 1. The molecule has 0 amide bonds. The Morgan fingerprint density at radius 3 is 2.31 bits per heavy atom. The Morgan fingerprint density at radius 2 is 1.74 bits per heavy atom. The van der Waals surface area contributed by atoms with Crippen LogP contribution in [0.3, 0.4) is 0 Å². The number of nitrogens with one attached hydrogen (secondary N) is 1. The highest BCUT2D eigenvalue weighted by atomic mass is 35.5. The van der Waals surface area contributed by atoms with Crippen molar-refractivity contribution in [1.29, 1.82) is 0 Å². The number of carbonyl (C=O) groups is 1. The summed E-state index contributed by atoms with van der Waals surface area (Å²) in [5.74, 6) is -1.23. The van der Waals surface area contributed by atoms with Gasteiger partial charge in [0.25, 0.3) is 0 Å². The Kier molecular flexibility index (Phi) is 7.85. The number of alkyl halides is 3. The zero-order valence-corrected chi connectivity index (χ0v) is 19.0. The van der Waals surface area contributed by atoms with Crippen molar-refractivity contribution < 1.29 is 27.8 Å². The van der Waals surface area contributed by atoms with Gasteiger partial charge in [0.2, 0.25) is 5.62 Å². The molecule has 1 atom stereocenters. The molecule has 0 aliphatic heterocycles. The van der Waals surface area contributed by atoms with E-state index in [2.05, 4.69) is 9.98 Å². The van der Waals surface area contributed by atoms with Crippen LogP contribution in [0.4, 0.5) is 18.9 Å². The second-order valence-electron chi connectivity index (χ2n) is 7.45. The highest BCUT2D eigenvalue weighted by Gasteiger charge is 2.38. The minimum absolute atomic E-state index is 0.0248. The maximum Gasteiger partial charge on any atom is 0.425 e. The lowest BCUT2D eigenvalue weighted by atomic mass is 10.2. The number of aliphatic carboxylic acids is 1. The summed E-state index contributed by atoms with van der Waals surface area (Å²) < 4.78 is 44.9. The van der Waals surface area contributed by atoms with Crippen LogP contribution in [0.15, 0.2) is 63.1 Å². The number of aromatic nitrogens is 3. The summed E-state index contributed by atoms with van der Waals surface area (Å²) in [6.45, 7) is 0.499. The first kappa shape index (κ1) is 25.8. The number of rotatable bonds is 8. The molecule has 0 bridgehead atoms. The Hall–Kier alpha value is -3.80. The zero-order chi connectivity index (χ0) is 25.8. The first-order valence-corrected chi connectivity index (χ1v) is 10.6. The highest BCUT2D eigenvalue weighted by Crippen LogP contribution is 2.26. The van der Waals surface area contributed by atoms with Gasteiger partial charge in [-0.15, -0.1) is 0 Å². The van der Waals surface area contributed by atoms with Gasteiger partial charge in [0, 0.05) is 11.6 Å². The molecule has 0 fully saturated rings. The first-order valence-electron chi connectivity index (χ1n) is 10.2. The maximum absolute atomic E-state index is 13.1. The fourth-order valence-corrected chi connectivity index (χ4v) is 3.08. The average Bonchev–Trinajstić information content (AvgIpc) is 2.78. The number of hydrogen-bond acceptors (Lipinski definition) is 5. The summed E-state index contributed by atoms with van der Waals surface area (Å²) in [4.78, 5) is 43.2. The van der Waals surface area contributed by atoms with Crippen molar-refractivity contribution in [2.75, 3.05) is 0 Å². The smallest absolute Gasteiger partial charge is 0.425 e. The van der Waals surface area contributed by atoms with Gasteiger partial charge >= 0.3 is 23.5 Å². The summed E-state index contributed by atoms with van der Waals surface area (Å²) >= 11 is 5.90. The standard InChI is InChI=1S/C22H20ClF3N4O5/c1-13(22(24,25)26)35-17-8-6-16(7-9-17)27-19-28-20(33)29(11-10-18(31)32)21(34)30(19)12-14-2-4-15(23)5-3-14/h2-9,13H,10-12H2,1H3,(H,31,32)(H,27,28,33)/t13-/m1/s1. The van der Waals surface area contributed by atoms with E-state index in [1.165, 1.54) is 24.3 Å². The molecule has 1 aromatic heterocycles. The number of nitrogens with zero attached hydrogens (tertiary/aromatic N) is 3. The molecule has 0 spiro atoms. The van der Waals surface area contributed by atoms with Gasteiger partial charge in [-0.3, -0.25) is 14.3 Å². The van der Waals surface area contributed by atoms with Gasteiger partial charge in [-0.25, -0.2) is 19.1 Å². The SMILES string of the molecule is C[C@@H](Oc1ccc(/N=c2\[nH]c(=O)n(CCC(=O)O)c(=O)n2Cc2ccc(Cl)cc2)cc1)C(F)(F)F. The van der Waals surface area contributed by atoms with Gasteiger partial charge in [0.1, 0.15) is 5.75 Å². The number of carboxylic acids is 1. The second kappa shape index (κ2) is 10.6. The number of aromatic amines is 1. The number of ether oxygens (including phenoxy) is 1. The summed E-state index contributed by atoms with van der Waals surface area (Å²) in [5.41, 5.74) is -0.919. The molecule has 186 valence electrons. The van der Waals surface area contributed by atoms with E-state index in [0.29, 0.717) is 10.6 Å². The van der Waals surface area contributed by atoms with E-state index in [1.807, 2.05) is 0 Å². The molecular weight excluding hydrogens is 493 g/mol. The lowest BCUT2D eigenvalue weighted by Gasteiger charge is -2.17. The van der Waals surface area contributed by atoms with E-state index in [1.54, 1.807) is 24.3 Å². The summed E-state index contributed by atoms with van der Waals surface area (Å²) in [5, 5.41) is 9.40. The Labute approximate surface area is 200 Å². The van der Waals surface area contributed by atoms with Crippen LogP contribution in [0.2, 0.25) is 5.02 Å². The van der Waals surface area contributed by atoms with Crippen molar-refractivity contribution in [3.05, 3.63) is 85.7 Å². The first-order chi connectivity index (χ1) is 16.4. The van der Waals surface area contributed by atoms with Crippen molar-refractivity contribution in [3.63, 3.8) is 0 Å². The van der Waals surface area contributed by atoms with Crippen molar-refractivity contribution in [2.45, 2.75) is 38.7 Å². The van der Waals surface area contributed by atoms with Gasteiger partial charge in [-0.1, -0.05) is 23.7 Å². The van der Waals surface area contributed by atoms with Crippen LogP contribution in [0, 0.1) is 0 Å². The largest absolute Gasteiger partial charge is 0.481 e. The topological polar surface area (TPSA) is 119 Å². The van der Waals surface area contributed by atoms with Crippen LogP contribution in [-0.4, -0.2) is 37.5 Å². The number of hydrogen-bond donors (Lipinski definition) is 2. The Bertz CT molecular complexity index is 1380. The third-order valence-electron chi connectivity index (χ3n) is 4.83. The monoisotopic (exact) mass is 512 g/mol. The van der Waals surface area contributed by atoms with Crippen LogP contribution in [0.25, 0.3) is 0 Å². The molecular formula is C22H20ClF3N4O5. The minimum Gasteiger partial charge on any atom is -0.481 e. The van der Waals surface area contributed by atoms with E-state index in [-0.39, 0.29) is 30.1 Å². The van der Waals surface area contributed by atoms with Gasteiger partial charge in [-0.05, 0) is 48.9 Å². The molecule has 13 heteroatoms. The molecule has 0 saturated heterocycles. The Balaban J connectivity index is 2.04. The van der Waals surface area contributed by atoms with Crippen molar-refractivity contribution in [3.8, 4) is 5.75 Å². The van der Waals surface area contributed by atoms with E-state index >= 15 is 0 Å². The van der Waals surface area contributed by atoms with Crippen molar-refractivity contribution in [1.82, 2.24) is 14.1 Å². The molecule has 1 heterocycles. The molecule has 9 nitrogen and oxygen atoms in total. The quantitative estimate of drug-likeness (QED) is 0.481. The third kappa shape index (κ3) is 6.85. The number of benzene rings is 2. The molecule has 2 aromatic carbocycles. The zero-order valence-electron chi connectivity index (χ0n) is 18.3. The molecule has 35 heavy (non-hydrogen) atoms. The Morgan fingerprint density at radius 1 is 1.11 bits per heavy atom. The molecule has 0 radical (unpaired) electrons. The van der Waals surface area contributed by atoms with E-state index in [0.717, 1.165) is 16.1 Å². The number of carboxylic acid groups (broad SMARTS) is 1.